The third-order valence-electron chi connectivity index (χ3n) is 5.07. The number of hydrogen-bond acceptors (Lipinski definition) is 6. The number of anilines is 3. The highest BCUT2D eigenvalue weighted by molar-refractivity contribution is 5.98. The molecular formula is C21H32N4O4. The Morgan fingerprint density at radius 2 is 1.55 bits per heavy atom. The van der Waals surface area contributed by atoms with Crippen molar-refractivity contribution >= 4 is 28.9 Å². The van der Waals surface area contributed by atoms with Crippen LogP contribution in [0.25, 0.3) is 0 Å². The third-order valence-corrected chi connectivity index (χ3v) is 5.07. The molecule has 0 atom stereocenters. The Hall–Kier alpha value is -2.32. The van der Waals surface area contributed by atoms with Crippen LogP contribution in [0.4, 0.5) is 17.1 Å². The number of amides is 2. The number of nitrogens with one attached hydrogen (secondary N) is 2. The summed E-state index contributed by atoms with van der Waals surface area (Å²) in [5.74, 6) is -0.389. The Morgan fingerprint density at radius 3 is 2.14 bits per heavy atom. The van der Waals surface area contributed by atoms with Crippen LogP contribution in [0.1, 0.15) is 20.8 Å². The first kappa shape index (κ1) is 21.4. The summed E-state index contributed by atoms with van der Waals surface area (Å²) >= 11 is 0. The van der Waals surface area contributed by atoms with E-state index in [1.54, 1.807) is 0 Å². The second kappa shape index (κ2) is 9.45. The monoisotopic (exact) mass is 404 g/mol. The predicted molar refractivity (Wildman–Crippen MR) is 114 cm³/mol. The van der Waals surface area contributed by atoms with Gasteiger partial charge in [-0.05, 0) is 18.2 Å². The van der Waals surface area contributed by atoms with Gasteiger partial charge in [-0.15, -0.1) is 0 Å². The van der Waals surface area contributed by atoms with Crippen molar-refractivity contribution in [3.63, 3.8) is 0 Å². The second-order valence-electron chi connectivity index (χ2n) is 8.38. The highest BCUT2D eigenvalue weighted by Crippen LogP contribution is 2.32. The van der Waals surface area contributed by atoms with E-state index >= 15 is 0 Å². The molecule has 2 saturated heterocycles. The minimum atomic E-state index is -0.529. The fraction of sp³-hybridized carbons (Fsp3) is 0.619. The lowest BCUT2D eigenvalue weighted by molar-refractivity contribution is -0.130. The zero-order chi connectivity index (χ0) is 20.9. The quantitative estimate of drug-likeness (QED) is 0.773. The number of ether oxygens (including phenoxy) is 2. The van der Waals surface area contributed by atoms with Gasteiger partial charge in [0.1, 0.15) is 0 Å². The van der Waals surface area contributed by atoms with Gasteiger partial charge < -0.3 is 29.9 Å². The lowest BCUT2D eigenvalue weighted by Gasteiger charge is -2.33. The van der Waals surface area contributed by atoms with Gasteiger partial charge in [0.25, 0.3) is 0 Å². The van der Waals surface area contributed by atoms with E-state index in [9.17, 15) is 9.59 Å². The maximum atomic E-state index is 12.5. The third kappa shape index (κ3) is 5.83. The molecule has 0 aliphatic carbocycles. The maximum Gasteiger partial charge on any atom is 0.243 e. The van der Waals surface area contributed by atoms with Crippen LogP contribution >= 0.6 is 0 Å². The normalized spacial score (nSPS) is 17.8. The Bertz CT molecular complexity index is 720. The summed E-state index contributed by atoms with van der Waals surface area (Å²) in [6.07, 6.45) is 0. The van der Waals surface area contributed by atoms with Gasteiger partial charge in [-0.3, -0.25) is 9.59 Å². The highest BCUT2D eigenvalue weighted by Gasteiger charge is 2.22. The van der Waals surface area contributed by atoms with Gasteiger partial charge in [0.2, 0.25) is 11.8 Å². The lowest BCUT2D eigenvalue weighted by atomic mass is 9.96. The van der Waals surface area contributed by atoms with Gasteiger partial charge >= 0.3 is 0 Å². The molecule has 1 aromatic carbocycles. The summed E-state index contributed by atoms with van der Waals surface area (Å²) < 4.78 is 10.9. The van der Waals surface area contributed by atoms with E-state index in [2.05, 4.69) is 26.5 Å². The summed E-state index contributed by atoms with van der Waals surface area (Å²) in [7, 11) is 0. The van der Waals surface area contributed by atoms with E-state index in [1.807, 2.05) is 32.9 Å². The smallest absolute Gasteiger partial charge is 0.243 e. The predicted octanol–water partition coefficient (Wildman–Crippen LogP) is 1.46. The number of nitrogens with zero attached hydrogens (tertiary/aromatic N) is 2. The minimum Gasteiger partial charge on any atom is -0.378 e. The number of carbonyl (C=O) groups is 2. The summed E-state index contributed by atoms with van der Waals surface area (Å²) in [6, 6.07) is 6.09. The average molecular weight is 405 g/mol. The van der Waals surface area contributed by atoms with Crippen molar-refractivity contribution in [3.05, 3.63) is 18.2 Å². The number of benzene rings is 1. The van der Waals surface area contributed by atoms with Gasteiger partial charge in [-0.1, -0.05) is 20.8 Å². The molecule has 2 aliphatic heterocycles. The van der Waals surface area contributed by atoms with Crippen molar-refractivity contribution in [1.82, 2.24) is 5.32 Å². The summed E-state index contributed by atoms with van der Waals surface area (Å²) in [5, 5.41) is 5.66. The Kier molecular flexibility index (Phi) is 6.97. The van der Waals surface area contributed by atoms with Gasteiger partial charge in [0, 0.05) is 37.3 Å². The number of hydrogen-bond donors (Lipinski definition) is 2. The highest BCUT2D eigenvalue weighted by atomic mass is 16.5. The molecule has 160 valence electrons. The van der Waals surface area contributed by atoms with Gasteiger partial charge in [-0.25, -0.2) is 0 Å². The van der Waals surface area contributed by atoms with Gasteiger partial charge in [0.15, 0.2) is 0 Å². The molecule has 29 heavy (non-hydrogen) atoms. The molecule has 1 aromatic rings. The van der Waals surface area contributed by atoms with Crippen LogP contribution in [0.5, 0.6) is 0 Å². The van der Waals surface area contributed by atoms with Crippen LogP contribution in [0.15, 0.2) is 18.2 Å². The molecule has 2 aliphatic rings. The van der Waals surface area contributed by atoms with Crippen LogP contribution in [0.3, 0.4) is 0 Å². The molecule has 3 rings (SSSR count). The molecule has 2 fully saturated rings. The molecule has 2 N–H and O–H groups in total. The first-order chi connectivity index (χ1) is 13.8. The van der Waals surface area contributed by atoms with Crippen LogP contribution in [-0.2, 0) is 19.1 Å². The lowest BCUT2D eigenvalue weighted by Crippen LogP contribution is -2.40. The fourth-order valence-electron chi connectivity index (χ4n) is 3.33. The molecule has 2 amide bonds. The summed E-state index contributed by atoms with van der Waals surface area (Å²) in [4.78, 5) is 29.0. The van der Waals surface area contributed by atoms with E-state index < -0.39 is 5.41 Å². The van der Waals surface area contributed by atoms with Crippen LogP contribution in [0.2, 0.25) is 0 Å². The molecule has 0 spiro atoms. The van der Waals surface area contributed by atoms with Crippen molar-refractivity contribution in [2.75, 3.05) is 74.3 Å². The summed E-state index contributed by atoms with van der Waals surface area (Å²) in [5.41, 5.74) is 2.32. The van der Waals surface area contributed by atoms with Crippen LogP contribution in [0, 0.1) is 5.41 Å². The van der Waals surface area contributed by atoms with E-state index in [0.717, 1.165) is 56.5 Å². The molecule has 0 unspecified atom stereocenters. The van der Waals surface area contributed by atoms with E-state index in [1.165, 1.54) is 0 Å². The zero-order valence-electron chi connectivity index (χ0n) is 17.6. The Balaban J connectivity index is 1.73. The number of rotatable bonds is 5. The topological polar surface area (TPSA) is 83.1 Å². The SMILES string of the molecule is CC(C)(C)C(=O)NCC(=O)Nc1ccc(N2CCOCC2)cc1N1CCOCC1. The maximum absolute atomic E-state index is 12.5. The number of morpholine rings is 2. The van der Waals surface area contributed by atoms with E-state index in [4.69, 9.17) is 9.47 Å². The Labute approximate surface area is 172 Å². The molecule has 8 nitrogen and oxygen atoms in total. The molecule has 0 bridgehead atoms. The standard InChI is InChI=1S/C21H32N4O4/c1-21(2,3)20(27)22-15-19(26)23-17-5-4-16(24-6-10-28-11-7-24)14-18(17)25-8-12-29-13-9-25/h4-5,14H,6-13,15H2,1-3H3,(H,22,27)(H,23,26). The largest absolute Gasteiger partial charge is 0.378 e. The number of carbonyl (C=O) groups excluding carboxylic acids is 2. The van der Waals surface area contributed by atoms with Crippen molar-refractivity contribution in [2.45, 2.75) is 20.8 Å². The van der Waals surface area contributed by atoms with Gasteiger partial charge in [-0.2, -0.15) is 0 Å². The van der Waals surface area contributed by atoms with Crippen molar-refractivity contribution in [1.29, 1.82) is 0 Å². The molecule has 0 aromatic heterocycles. The van der Waals surface area contributed by atoms with Gasteiger partial charge in [0.05, 0.1) is 44.3 Å². The van der Waals surface area contributed by atoms with Crippen LogP contribution in [-0.4, -0.2) is 71.0 Å². The van der Waals surface area contributed by atoms with E-state index in [0.29, 0.717) is 13.2 Å². The van der Waals surface area contributed by atoms with Crippen molar-refractivity contribution < 1.29 is 19.1 Å². The van der Waals surface area contributed by atoms with Crippen molar-refractivity contribution in [2.24, 2.45) is 5.41 Å². The van der Waals surface area contributed by atoms with Crippen LogP contribution < -0.4 is 20.4 Å². The molecule has 0 radical (unpaired) electrons. The molecule has 8 heteroatoms. The minimum absolute atomic E-state index is 0.0517. The molecule has 0 saturated carbocycles. The fourth-order valence-corrected chi connectivity index (χ4v) is 3.33. The zero-order valence-corrected chi connectivity index (χ0v) is 17.6. The van der Waals surface area contributed by atoms with Crippen molar-refractivity contribution in [3.8, 4) is 0 Å². The average Bonchev–Trinajstić information content (AvgIpc) is 2.73. The molecule has 2 heterocycles. The second-order valence-corrected chi connectivity index (χ2v) is 8.38. The molecular weight excluding hydrogens is 372 g/mol. The first-order valence-electron chi connectivity index (χ1n) is 10.2. The first-order valence-corrected chi connectivity index (χ1v) is 10.2. The Morgan fingerprint density at radius 1 is 0.966 bits per heavy atom. The summed E-state index contributed by atoms with van der Waals surface area (Å²) in [6.45, 7) is 11.4. The van der Waals surface area contributed by atoms with E-state index in [-0.39, 0.29) is 18.4 Å².